The molecule has 1 aromatic heterocycles. The van der Waals surface area contributed by atoms with Crippen molar-refractivity contribution in [2.45, 2.75) is 13.3 Å². The Hall–Kier alpha value is -1.25. The minimum absolute atomic E-state index is 0.650. The van der Waals surface area contributed by atoms with Crippen molar-refractivity contribution >= 4 is 5.69 Å². The fourth-order valence-corrected chi connectivity index (χ4v) is 0.956. The first-order valence-corrected chi connectivity index (χ1v) is 3.57. The largest absolute Gasteiger partial charge is 0.494 e. The SMILES string of the molecule is CCc1nccc(OC)c1N. The van der Waals surface area contributed by atoms with Crippen molar-refractivity contribution < 1.29 is 4.74 Å². The number of nitrogens with two attached hydrogens (primary N) is 1. The minimum atomic E-state index is 0.650. The Kier molecular flexibility index (Phi) is 2.31. The highest BCUT2D eigenvalue weighted by Crippen LogP contribution is 2.22. The Morgan fingerprint density at radius 2 is 2.36 bits per heavy atom. The maximum absolute atomic E-state index is 5.72. The van der Waals surface area contributed by atoms with Crippen molar-refractivity contribution in [1.82, 2.24) is 4.98 Å². The van der Waals surface area contributed by atoms with E-state index in [-0.39, 0.29) is 0 Å². The van der Waals surface area contributed by atoms with Crippen molar-refractivity contribution in [2.75, 3.05) is 12.8 Å². The summed E-state index contributed by atoms with van der Waals surface area (Å²) in [4.78, 5) is 4.10. The number of aryl methyl sites for hydroxylation is 1. The maximum Gasteiger partial charge on any atom is 0.145 e. The lowest BCUT2D eigenvalue weighted by Crippen LogP contribution is -1.99. The number of nitrogen functional groups attached to an aromatic ring is 1. The highest BCUT2D eigenvalue weighted by molar-refractivity contribution is 5.55. The van der Waals surface area contributed by atoms with Crippen LogP contribution in [-0.2, 0) is 6.42 Å². The van der Waals surface area contributed by atoms with Crippen LogP contribution in [0, 0.1) is 0 Å². The number of methoxy groups -OCH3 is 1. The topological polar surface area (TPSA) is 48.1 Å². The monoisotopic (exact) mass is 152 g/mol. The van der Waals surface area contributed by atoms with Crippen LogP contribution in [0.4, 0.5) is 5.69 Å². The van der Waals surface area contributed by atoms with Gasteiger partial charge in [-0.05, 0) is 6.42 Å². The summed E-state index contributed by atoms with van der Waals surface area (Å²) in [5.41, 5.74) is 7.26. The number of nitrogens with zero attached hydrogens (tertiary/aromatic N) is 1. The lowest BCUT2D eigenvalue weighted by Gasteiger charge is -2.06. The summed E-state index contributed by atoms with van der Waals surface area (Å²) in [6.07, 6.45) is 2.54. The Morgan fingerprint density at radius 3 is 2.91 bits per heavy atom. The van der Waals surface area contributed by atoms with Crippen LogP contribution >= 0.6 is 0 Å². The van der Waals surface area contributed by atoms with E-state index in [0.29, 0.717) is 11.4 Å². The first kappa shape index (κ1) is 7.85. The summed E-state index contributed by atoms with van der Waals surface area (Å²) < 4.78 is 5.02. The molecule has 1 rings (SSSR count). The van der Waals surface area contributed by atoms with Gasteiger partial charge in [0.15, 0.2) is 0 Å². The van der Waals surface area contributed by atoms with E-state index in [4.69, 9.17) is 10.5 Å². The molecule has 0 aromatic carbocycles. The third-order valence-corrected chi connectivity index (χ3v) is 1.59. The van der Waals surface area contributed by atoms with Gasteiger partial charge in [0.2, 0.25) is 0 Å². The summed E-state index contributed by atoms with van der Waals surface area (Å²) in [5, 5.41) is 0. The Bertz CT molecular complexity index is 226. The van der Waals surface area contributed by atoms with Gasteiger partial charge in [0, 0.05) is 12.3 Å². The lowest BCUT2D eigenvalue weighted by atomic mass is 10.2. The summed E-state index contributed by atoms with van der Waals surface area (Å²) in [6.45, 7) is 2.01. The zero-order valence-electron chi connectivity index (χ0n) is 6.79. The Labute approximate surface area is 66.2 Å². The van der Waals surface area contributed by atoms with Crippen LogP contribution in [0.15, 0.2) is 12.3 Å². The molecule has 0 fully saturated rings. The Morgan fingerprint density at radius 1 is 1.64 bits per heavy atom. The van der Waals surface area contributed by atoms with Gasteiger partial charge in [0.1, 0.15) is 5.75 Å². The maximum atomic E-state index is 5.72. The Balaban J connectivity index is 3.10. The molecule has 0 aliphatic carbocycles. The van der Waals surface area contributed by atoms with Gasteiger partial charge in [-0.1, -0.05) is 6.92 Å². The minimum Gasteiger partial charge on any atom is -0.494 e. The highest BCUT2D eigenvalue weighted by Gasteiger charge is 2.02. The molecule has 0 aliphatic rings. The van der Waals surface area contributed by atoms with E-state index in [1.54, 1.807) is 19.4 Å². The van der Waals surface area contributed by atoms with Crippen LogP contribution < -0.4 is 10.5 Å². The number of rotatable bonds is 2. The third-order valence-electron chi connectivity index (χ3n) is 1.59. The van der Waals surface area contributed by atoms with Crippen LogP contribution in [0.1, 0.15) is 12.6 Å². The van der Waals surface area contributed by atoms with Gasteiger partial charge in [0.25, 0.3) is 0 Å². The van der Waals surface area contributed by atoms with E-state index in [1.165, 1.54) is 0 Å². The second-order valence-corrected chi connectivity index (χ2v) is 2.23. The molecule has 60 valence electrons. The number of anilines is 1. The molecular weight excluding hydrogens is 140 g/mol. The number of hydrogen-bond donors (Lipinski definition) is 1. The van der Waals surface area contributed by atoms with Crippen molar-refractivity contribution in [3.05, 3.63) is 18.0 Å². The molecule has 3 heteroatoms. The molecule has 0 bridgehead atoms. The number of hydrogen-bond acceptors (Lipinski definition) is 3. The van der Waals surface area contributed by atoms with E-state index in [0.717, 1.165) is 12.1 Å². The second kappa shape index (κ2) is 3.23. The smallest absolute Gasteiger partial charge is 0.145 e. The molecule has 1 aromatic rings. The van der Waals surface area contributed by atoms with Gasteiger partial charge in [-0.3, -0.25) is 4.98 Å². The molecule has 0 amide bonds. The molecule has 0 spiro atoms. The summed E-state index contributed by atoms with van der Waals surface area (Å²) in [6, 6.07) is 1.76. The van der Waals surface area contributed by atoms with Crippen molar-refractivity contribution in [3.8, 4) is 5.75 Å². The van der Waals surface area contributed by atoms with Crippen LogP contribution in [0.3, 0.4) is 0 Å². The summed E-state index contributed by atoms with van der Waals surface area (Å²) in [7, 11) is 1.60. The zero-order valence-corrected chi connectivity index (χ0v) is 6.79. The molecule has 0 saturated heterocycles. The summed E-state index contributed by atoms with van der Waals surface area (Å²) >= 11 is 0. The molecule has 11 heavy (non-hydrogen) atoms. The van der Waals surface area contributed by atoms with Gasteiger partial charge >= 0.3 is 0 Å². The van der Waals surface area contributed by atoms with Crippen molar-refractivity contribution in [3.63, 3.8) is 0 Å². The molecule has 2 N–H and O–H groups in total. The quantitative estimate of drug-likeness (QED) is 0.693. The van der Waals surface area contributed by atoms with Crippen molar-refractivity contribution in [1.29, 1.82) is 0 Å². The standard InChI is InChI=1S/C8H12N2O/c1-3-6-8(9)7(11-2)4-5-10-6/h4-5H,3,9H2,1-2H3. The molecule has 0 saturated carbocycles. The second-order valence-electron chi connectivity index (χ2n) is 2.23. The van der Waals surface area contributed by atoms with E-state index >= 15 is 0 Å². The summed E-state index contributed by atoms with van der Waals surface area (Å²) in [5.74, 6) is 0.705. The molecular formula is C8H12N2O. The fraction of sp³-hybridized carbons (Fsp3) is 0.375. The van der Waals surface area contributed by atoms with Gasteiger partial charge < -0.3 is 10.5 Å². The first-order chi connectivity index (χ1) is 5.29. The van der Waals surface area contributed by atoms with E-state index in [9.17, 15) is 0 Å². The van der Waals surface area contributed by atoms with Gasteiger partial charge in [-0.15, -0.1) is 0 Å². The molecule has 0 aliphatic heterocycles. The molecule has 1 heterocycles. The van der Waals surface area contributed by atoms with Gasteiger partial charge in [-0.25, -0.2) is 0 Å². The molecule has 3 nitrogen and oxygen atoms in total. The zero-order chi connectivity index (χ0) is 8.27. The van der Waals surface area contributed by atoms with Gasteiger partial charge in [-0.2, -0.15) is 0 Å². The van der Waals surface area contributed by atoms with Crippen LogP contribution in [0.25, 0.3) is 0 Å². The highest BCUT2D eigenvalue weighted by atomic mass is 16.5. The van der Waals surface area contributed by atoms with Crippen molar-refractivity contribution in [2.24, 2.45) is 0 Å². The fourth-order valence-electron chi connectivity index (χ4n) is 0.956. The average Bonchev–Trinajstić information content (AvgIpc) is 2.05. The number of ether oxygens (including phenoxy) is 1. The van der Waals surface area contributed by atoms with Crippen LogP contribution in [-0.4, -0.2) is 12.1 Å². The molecule has 0 atom stereocenters. The predicted molar refractivity (Wildman–Crippen MR) is 44.6 cm³/mol. The predicted octanol–water partition coefficient (Wildman–Crippen LogP) is 1.23. The average molecular weight is 152 g/mol. The van der Waals surface area contributed by atoms with E-state index in [1.807, 2.05) is 6.92 Å². The third kappa shape index (κ3) is 1.42. The molecule has 0 radical (unpaired) electrons. The van der Waals surface area contributed by atoms with E-state index < -0.39 is 0 Å². The van der Waals surface area contributed by atoms with Gasteiger partial charge in [0.05, 0.1) is 18.5 Å². The lowest BCUT2D eigenvalue weighted by molar-refractivity contribution is 0.416. The number of aromatic nitrogens is 1. The normalized spacial score (nSPS) is 9.64. The number of pyridine rings is 1. The van der Waals surface area contributed by atoms with E-state index in [2.05, 4.69) is 4.98 Å². The molecule has 0 unspecified atom stereocenters. The van der Waals surface area contributed by atoms with Crippen LogP contribution in [0.2, 0.25) is 0 Å². The van der Waals surface area contributed by atoms with Crippen LogP contribution in [0.5, 0.6) is 5.75 Å². The first-order valence-electron chi connectivity index (χ1n) is 3.57.